The Hall–Kier alpha value is -1.92. The van der Waals surface area contributed by atoms with Crippen LogP contribution in [-0.2, 0) is 6.61 Å². The molecular formula is C16H17ClF3NO2. The summed E-state index contributed by atoms with van der Waals surface area (Å²) in [5.41, 5.74) is 6.04. The van der Waals surface area contributed by atoms with E-state index < -0.39 is 12.2 Å². The van der Waals surface area contributed by atoms with Crippen LogP contribution in [0.25, 0.3) is 0 Å². The van der Waals surface area contributed by atoms with Crippen molar-refractivity contribution in [1.29, 1.82) is 0 Å². The molecule has 0 unspecified atom stereocenters. The van der Waals surface area contributed by atoms with Gasteiger partial charge in [0.05, 0.1) is 7.11 Å². The lowest BCUT2D eigenvalue weighted by molar-refractivity contribution is -0.149. The number of hydrogen-bond acceptors (Lipinski definition) is 3. The lowest BCUT2D eigenvalue weighted by Crippen LogP contribution is -2.28. The van der Waals surface area contributed by atoms with Crippen molar-refractivity contribution in [3.8, 4) is 11.5 Å². The van der Waals surface area contributed by atoms with E-state index in [9.17, 15) is 13.2 Å². The van der Waals surface area contributed by atoms with Crippen molar-refractivity contribution in [2.45, 2.75) is 18.8 Å². The molecule has 23 heavy (non-hydrogen) atoms. The zero-order chi connectivity index (χ0) is 16.2. The van der Waals surface area contributed by atoms with Gasteiger partial charge in [-0.1, -0.05) is 36.4 Å². The lowest BCUT2D eigenvalue weighted by Gasteiger charge is -2.18. The molecule has 1 atom stereocenters. The highest BCUT2D eigenvalue weighted by Gasteiger charge is 2.38. The Bertz CT molecular complexity index is 620. The number of ether oxygens (including phenoxy) is 2. The fraction of sp³-hybridized carbons (Fsp3) is 0.250. The number of nitrogens with two attached hydrogens (primary N) is 1. The molecular weight excluding hydrogens is 331 g/mol. The molecule has 0 aromatic heterocycles. The van der Waals surface area contributed by atoms with E-state index in [0.717, 1.165) is 5.56 Å². The fourth-order valence-electron chi connectivity index (χ4n) is 1.92. The Kier molecular flexibility index (Phi) is 6.72. The van der Waals surface area contributed by atoms with E-state index in [4.69, 9.17) is 15.2 Å². The molecule has 2 aromatic rings. The van der Waals surface area contributed by atoms with Crippen LogP contribution in [0, 0.1) is 0 Å². The number of halogens is 4. The second kappa shape index (κ2) is 8.08. The largest absolute Gasteiger partial charge is 0.493 e. The summed E-state index contributed by atoms with van der Waals surface area (Å²) in [7, 11) is 1.42. The van der Waals surface area contributed by atoms with Crippen molar-refractivity contribution in [2.24, 2.45) is 5.73 Å². The van der Waals surface area contributed by atoms with Gasteiger partial charge in [0.25, 0.3) is 0 Å². The molecule has 0 amide bonds. The van der Waals surface area contributed by atoms with Crippen LogP contribution < -0.4 is 15.2 Å². The molecule has 7 heteroatoms. The van der Waals surface area contributed by atoms with Gasteiger partial charge in [-0.15, -0.1) is 12.4 Å². The Morgan fingerprint density at radius 3 is 2.26 bits per heavy atom. The molecule has 2 N–H and O–H groups in total. The van der Waals surface area contributed by atoms with Gasteiger partial charge in [0.2, 0.25) is 0 Å². The molecule has 2 rings (SSSR count). The average Bonchev–Trinajstić information content (AvgIpc) is 2.52. The standard InChI is InChI=1S/C16H16F3NO2.ClH/c1-21-13-8-7-12(15(20)16(17,18)19)9-14(13)22-10-11-5-3-2-4-6-11;/h2-9,15H,10,20H2,1H3;1H/t15-;/m0./s1. The number of hydrogen-bond donors (Lipinski definition) is 1. The molecule has 0 aliphatic carbocycles. The normalized spacial score (nSPS) is 12.2. The van der Waals surface area contributed by atoms with E-state index in [0.29, 0.717) is 5.75 Å². The van der Waals surface area contributed by atoms with Crippen LogP contribution in [0.4, 0.5) is 13.2 Å². The van der Waals surface area contributed by atoms with E-state index in [1.54, 1.807) is 0 Å². The van der Waals surface area contributed by atoms with Crippen LogP contribution in [-0.4, -0.2) is 13.3 Å². The van der Waals surface area contributed by atoms with Crippen molar-refractivity contribution in [1.82, 2.24) is 0 Å². The van der Waals surface area contributed by atoms with Crippen molar-refractivity contribution >= 4 is 12.4 Å². The third-order valence-corrected chi connectivity index (χ3v) is 3.14. The summed E-state index contributed by atoms with van der Waals surface area (Å²) in [4.78, 5) is 0. The minimum atomic E-state index is -4.51. The Morgan fingerprint density at radius 1 is 1.04 bits per heavy atom. The maximum Gasteiger partial charge on any atom is 0.407 e. The minimum absolute atomic E-state index is 0. The average molecular weight is 348 g/mol. The first kappa shape index (κ1) is 19.1. The maximum absolute atomic E-state index is 12.7. The van der Waals surface area contributed by atoms with Gasteiger partial charge in [0.15, 0.2) is 11.5 Å². The summed E-state index contributed by atoms with van der Waals surface area (Å²) >= 11 is 0. The van der Waals surface area contributed by atoms with E-state index in [2.05, 4.69) is 0 Å². The molecule has 0 bridgehead atoms. The predicted octanol–water partition coefficient (Wildman–Crippen LogP) is 4.26. The summed E-state index contributed by atoms with van der Waals surface area (Å²) in [5.74, 6) is 0.581. The van der Waals surface area contributed by atoms with Gasteiger partial charge in [-0.3, -0.25) is 0 Å². The molecule has 0 saturated carbocycles. The molecule has 0 radical (unpaired) electrons. The summed E-state index contributed by atoms with van der Waals surface area (Å²) in [6, 6.07) is 11.2. The van der Waals surface area contributed by atoms with Crippen LogP contribution in [0.3, 0.4) is 0 Å². The molecule has 126 valence electrons. The second-order valence-electron chi connectivity index (χ2n) is 4.70. The molecule has 0 saturated heterocycles. The molecule has 0 aliphatic heterocycles. The lowest BCUT2D eigenvalue weighted by atomic mass is 10.1. The predicted molar refractivity (Wildman–Crippen MR) is 84.0 cm³/mol. The molecule has 2 aromatic carbocycles. The van der Waals surface area contributed by atoms with Crippen LogP contribution in [0.1, 0.15) is 17.2 Å². The highest BCUT2D eigenvalue weighted by molar-refractivity contribution is 5.85. The van der Waals surface area contributed by atoms with Gasteiger partial charge < -0.3 is 15.2 Å². The number of alkyl halides is 3. The third kappa shape index (κ3) is 5.04. The van der Waals surface area contributed by atoms with Crippen LogP contribution in [0.15, 0.2) is 48.5 Å². The molecule has 0 fully saturated rings. The number of methoxy groups -OCH3 is 1. The zero-order valence-electron chi connectivity index (χ0n) is 12.3. The fourth-order valence-corrected chi connectivity index (χ4v) is 1.92. The van der Waals surface area contributed by atoms with Gasteiger partial charge in [0, 0.05) is 0 Å². The monoisotopic (exact) mass is 347 g/mol. The first-order valence-electron chi connectivity index (χ1n) is 6.59. The third-order valence-electron chi connectivity index (χ3n) is 3.14. The number of benzene rings is 2. The zero-order valence-corrected chi connectivity index (χ0v) is 13.2. The van der Waals surface area contributed by atoms with Crippen molar-refractivity contribution < 1.29 is 22.6 Å². The summed E-state index contributed by atoms with van der Waals surface area (Å²) < 4.78 is 48.8. The summed E-state index contributed by atoms with van der Waals surface area (Å²) in [6.07, 6.45) is -4.51. The van der Waals surface area contributed by atoms with Gasteiger partial charge in [-0.2, -0.15) is 13.2 Å². The highest BCUT2D eigenvalue weighted by atomic mass is 35.5. The Balaban J connectivity index is 0.00000264. The van der Waals surface area contributed by atoms with Crippen molar-refractivity contribution in [3.63, 3.8) is 0 Å². The summed E-state index contributed by atoms with van der Waals surface area (Å²) in [6.45, 7) is 0.224. The molecule has 0 spiro atoms. The quantitative estimate of drug-likeness (QED) is 0.879. The Morgan fingerprint density at radius 2 is 1.70 bits per heavy atom. The molecule has 3 nitrogen and oxygen atoms in total. The maximum atomic E-state index is 12.7. The van der Waals surface area contributed by atoms with Crippen molar-refractivity contribution in [2.75, 3.05) is 7.11 Å². The van der Waals surface area contributed by atoms with Crippen molar-refractivity contribution in [3.05, 3.63) is 59.7 Å². The van der Waals surface area contributed by atoms with E-state index in [-0.39, 0.29) is 30.3 Å². The molecule has 0 aliphatic rings. The topological polar surface area (TPSA) is 44.5 Å². The van der Waals surface area contributed by atoms with Crippen LogP contribution in [0.2, 0.25) is 0 Å². The van der Waals surface area contributed by atoms with E-state index in [1.165, 1.54) is 25.3 Å². The first-order valence-corrected chi connectivity index (χ1v) is 6.59. The first-order chi connectivity index (χ1) is 10.4. The summed E-state index contributed by atoms with van der Waals surface area (Å²) in [5, 5.41) is 0. The smallest absolute Gasteiger partial charge is 0.407 e. The molecule has 0 heterocycles. The van der Waals surface area contributed by atoms with E-state index >= 15 is 0 Å². The van der Waals surface area contributed by atoms with Crippen LogP contribution >= 0.6 is 12.4 Å². The van der Waals surface area contributed by atoms with Gasteiger partial charge in [-0.25, -0.2) is 0 Å². The van der Waals surface area contributed by atoms with Gasteiger partial charge in [-0.05, 0) is 23.3 Å². The van der Waals surface area contributed by atoms with E-state index in [1.807, 2.05) is 30.3 Å². The Labute approximate surface area is 138 Å². The minimum Gasteiger partial charge on any atom is -0.493 e. The SMILES string of the molecule is COc1ccc([C@H](N)C(F)(F)F)cc1OCc1ccccc1.Cl. The van der Waals surface area contributed by atoms with Crippen LogP contribution in [0.5, 0.6) is 11.5 Å². The second-order valence-corrected chi connectivity index (χ2v) is 4.70. The van der Waals surface area contributed by atoms with Gasteiger partial charge in [0.1, 0.15) is 12.6 Å². The number of rotatable bonds is 5. The highest BCUT2D eigenvalue weighted by Crippen LogP contribution is 2.36. The van der Waals surface area contributed by atoms with Gasteiger partial charge >= 0.3 is 6.18 Å².